The van der Waals surface area contributed by atoms with Crippen LogP contribution in [0.25, 0.3) is 0 Å². The third-order valence-corrected chi connectivity index (χ3v) is 3.50. The molecule has 0 bridgehead atoms. The largest absolute Gasteiger partial charge is 0.346 e. The minimum Gasteiger partial charge on any atom is -0.346 e. The van der Waals surface area contributed by atoms with Crippen molar-refractivity contribution in [3.63, 3.8) is 0 Å². The Morgan fingerprint density at radius 1 is 1.25 bits per heavy atom. The number of halogens is 1. The van der Waals surface area contributed by atoms with Crippen molar-refractivity contribution in [3.05, 3.63) is 0 Å². The predicted octanol–water partition coefficient (Wildman–Crippen LogP) is 2.42. The van der Waals surface area contributed by atoms with E-state index < -0.39 is 0 Å². The van der Waals surface area contributed by atoms with Crippen LogP contribution in [0.2, 0.25) is 0 Å². The van der Waals surface area contributed by atoms with Crippen LogP contribution < -0.4 is 0 Å². The van der Waals surface area contributed by atoms with Crippen molar-refractivity contribution in [3.8, 4) is 0 Å². The van der Waals surface area contributed by atoms with Crippen molar-refractivity contribution >= 4 is 29.9 Å². The Hall–Kier alpha value is 0. The van der Waals surface area contributed by atoms with Crippen LogP contribution in [0.4, 0.5) is 0 Å². The molecule has 0 aromatic carbocycles. The van der Waals surface area contributed by atoms with Gasteiger partial charge in [-0.25, -0.2) is 4.99 Å². The van der Waals surface area contributed by atoms with Gasteiger partial charge in [-0.2, -0.15) is 0 Å². The lowest BCUT2D eigenvalue weighted by Crippen LogP contribution is -2.46. The van der Waals surface area contributed by atoms with Crippen LogP contribution in [-0.4, -0.2) is 49.0 Å². The van der Waals surface area contributed by atoms with E-state index in [1.807, 2.05) is 0 Å². The van der Waals surface area contributed by atoms with E-state index >= 15 is 0 Å². The van der Waals surface area contributed by atoms with Gasteiger partial charge in [0, 0.05) is 27.2 Å². The van der Waals surface area contributed by atoms with Gasteiger partial charge in [0.2, 0.25) is 0 Å². The van der Waals surface area contributed by atoms with Crippen molar-refractivity contribution in [2.45, 2.75) is 38.6 Å². The molecule has 1 aliphatic carbocycles. The number of guanidine groups is 1. The number of hydrogen-bond donors (Lipinski definition) is 0. The van der Waals surface area contributed by atoms with E-state index in [9.17, 15) is 0 Å². The van der Waals surface area contributed by atoms with Gasteiger partial charge in [-0.3, -0.25) is 0 Å². The van der Waals surface area contributed by atoms with Crippen LogP contribution in [0, 0.1) is 5.92 Å². The third-order valence-electron chi connectivity index (χ3n) is 3.50. The molecule has 0 unspecified atom stereocenters. The zero-order valence-electron chi connectivity index (χ0n) is 10.6. The first kappa shape index (κ1) is 14.1. The van der Waals surface area contributed by atoms with Gasteiger partial charge in [0.1, 0.15) is 0 Å². The van der Waals surface area contributed by atoms with Gasteiger partial charge >= 0.3 is 0 Å². The first-order valence-corrected chi connectivity index (χ1v) is 6.22. The molecule has 2 aliphatic rings. The molecule has 4 heteroatoms. The minimum absolute atomic E-state index is 0. The molecule has 0 spiro atoms. The van der Waals surface area contributed by atoms with Crippen LogP contribution in [0.15, 0.2) is 4.99 Å². The van der Waals surface area contributed by atoms with Gasteiger partial charge in [-0.15, -0.1) is 24.0 Å². The number of hydrogen-bond acceptors (Lipinski definition) is 1. The lowest BCUT2D eigenvalue weighted by Gasteiger charge is -2.34. The fraction of sp³-hybridized carbons (Fsp3) is 0.917. The van der Waals surface area contributed by atoms with Crippen LogP contribution in [0.3, 0.4) is 0 Å². The number of aliphatic imine (C=N–C) groups is 1. The van der Waals surface area contributed by atoms with Crippen LogP contribution in [-0.2, 0) is 0 Å². The molecule has 0 N–H and O–H groups in total. The average Bonchev–Trinajstić information content (AvgIpc) is 2.91. The molecule has 0 amide bonds. The van der Waals surface area contributed by atoms with E-state index in [1.165, 1.54) is 31.6 Å². The van der Waals surface area contributed by atoms with Crippen molar-refractivity contribution in [1.82, 2.24) is 9.80 Å². The van der Waals surface area contributed by atoms with E-state index in [2.05, 4.69) is 30.8 Å². The van der Waals surface area contributed by atoms with E-state index in [1.54, 1.807) is 0 Å². The van der Waals surface area contributed by atoms with Crippen LogP contribution in [0.5, 0.6) is 0 Å². The molecule has 2 fully saturated rings. The van der Waals surface area contributed by atoms with Gasteiger partial charge in [0.25, 0.3) is 0 Å². The highest BCUT2D eigenvalue weighted by atomic mass is 127. The molecule has 0 aromatic rings. The maximum absolute atomic E-state index is 4.88. The summed E-state index contributed by atoms with van der Waals surface area (Å²) < 4.78 is 0. The second-order valence-corrected chi connectivity index (χ2v) is 4.98. The summed E-state index contributed by atoms with van der Waals surface area (Å²) in [6, 6.07) is 0.628. The Balaban J connectivity index is 0.00000128. The zero-order valence-corrected chi connectivity index (χ0v) is 13.0. The quantitative estimate of drug-likeness (QED) is 0.737. The summed E-state index contributed by atoms with van der Waals surface area (Å²) in [5.41, 5.74) is 0. The fourth-order valence-electron chi connectivity index (χ4n) is 2.45. The summed E-state index contributed by atoms with van der Waals surface area (Å²) in [5.74, 6) is 2.09. The monoisotopic (exact) mass is 337 g/mol. The Morgan fingerprint density at radius 2 is 1.88 bits per heavy atom. The van der Waals surface area contributed by atoms with E-state index in [-0.39, 0.29) is 24.0 Å². The normalized spacial score (nSPS) is 28.8. The van der Waals surface area contributed by atoms with Crippen molar-refractivity contribution in [1.29, 1.82) is 0 Å². The molecule has 2 atom stereocenters. The maximum Gasteiger partial charge on any atom is 0.196 e. The lowest BCUT2D eigenvalue weighted by molar-refractivity contribution is 0.316. The van der Waals surface area contributed by atoms with Gasteiger partial charge in [-0.05, 0) is 25.2 Å². The Bertz CT molecular complexity index is 243. The smallest absolute Gasteiger partial charge is 0.196 e. The second kappa shape index (κ2) is 6.07. The summed E-state index contributed by atoms with van der Waals surface area (Å²) in [5, 5.41) is 0. The van der Waals surface area contributed by atoms with Crippen molar-refractivity contribution < 1.29 is 0 Å². The molecule has 0 radical (unpaired) electrons. The first-order valence-electron chi connectivity index (χ1n) is 6.22. The SMILES string of the molecule is CCC[C@@H]1C[C@H]1N=C1N(C)CCCN1C.I. The minimum atomic E-state index is 0. The van der Waals surface area contributed by atoms with E-state index in [0.717, 1.165) is 19.0 Å². The molecule has 3 nitrogen and oxygen atoms in total. The summed E-state index contributed by atoms with van der Waals surface area (Å²) in [6.45, 7) is 4.59. The lowest BCUT2D eigenvalue weighted by atomic mass is 10.2. The average molecular weight is 337 g/mol. The third kappa shape index (κ3) is 3.25. The Morgan fingerprint density at radius 3 is 2.44 bits per heavy atom. The van der Waals surface area contributed by atoms with Crippen LogP contribution in [0.1, 0.15) is 32.6 Å². The molecule has 2 rings (SSSR count). The molecule has 1 saturated carbocycles. The Kier molecular flexibility index (Phi) is 5.34. The summed E-state index contributed by atoms with van der Waals surface area (Å²) in [7, 11) is 4.32. The molecular weight excluding hydrogens is 313 g/mol. The van der Waals surface area contributed by atoms with Crippen molar-refractivity contribution in [2.24, 2.45) is 10.9 Å². The topological polar surface area (TPSA) is 18.8 Å². The summed E-state index contributed by atoms with van der Waals surface area (Å²) in [6.07, 6.45) is 5.24. The molecule has 1 aliphatic heterocycles. The number of nitrogens with zero attached hydrogens (tertiary/aromatic N) is 3. The standard InChI is InChI=1S/C12H23N3.HI/c1-4-6-10-9-11(10)13-12-14(2)7-5-8-15(12)3;/h10-11H,4-9H2,1-3H3;1H/t10-,11-;/m1./s1. The maximum atomic E-state index is 4.88. The predicted molar refractivity (Wildman–Crippen MR) is 79.5 cm³/mol. The first-order chi connectivity index (χ1) is 7.22. The molecule has 16 heavy (non-hydrogen) atoms. The molecular formula is C12H24IN3. The molecule has 94 valence electrons. The summed E-state index contributed by atoms with van der Waals surface area (Å²) in [4.78, 5) is 9.47. The van der Waals surface area contributed by atoms with Gasteiger partial charge in [0.15, 0.2) is 5.96 Å². The zero-order chi connectivity index (χ0) is 10.8. The van der Waals surface area contributed by atoms with E-state index in [0.29, 0.717) is 6.04 Å². The number of rotatable bonds is 3. The van der Waals surface area contributed by atoms with Gasteiger partial charge in [0.05, 0.1) is 6.04 Å². The fourth-order valence-corrected chi connectivity index (χ4v) is 2.45. The molecule has 1 saturated heterocycles. The van der Waals surface area contributed by atoms with Gasteiger partial charge in [-0.1, -0.05) is 13.3 Å². The van der Waals surface area contributed by atoms with E-state index in [4.69, 9.17) is 4.99 Å². The summed E-state index contributed by atoms with van der Waals surface area (Å²) >= 11 is 0. The highest BCUT2D eigenvalue weighted by molar-refractivity contribution is 14.0. The van der Waals surface area contributed by atoms with Crippen LogP contribution >= 0.6 is 24.0 Å². The highest BCUT2D eigenvalue weighted by Crippen LogP contribution is 2.38. The van der Waals surface area contributed by atoms with Gasteiger partial charge < -0.3 is 9.80 Å². The van der Waals surface area contributed by atoms with Crippen molar-refractivity contribution in [2.75, 3.05) is 27.2 Å². The second-order valence-electron chi connectivity index (χ2n) is 4.98. The highest BCUT2D eigenvalue weighted by Gasteiger charge is 2.37. The molecule has 0 aromatic heterocycles. The Labute approximate surface area is 116 Å². The molecule has 1 heterocycles.